The molecule has 2 aromatic rings. The van der Waals surface area contributed by atoms with E-state index in [4.69, 9.17) is 9.84 Å². The van der Waals surface area contributed by atoms with Gasteiger partial charge in [0.15, 0.2) is 5.44 Å². The molecular formula is C24H30BrNO5S. The van der Waals surface area contributed by atoms with E-state index in [1.165, 1.54) is 0 Å². The molecule has 6 nitrogen and oxygen atoms in total. The molecule has 0 aromatic heterocycles. The minimum atomic E-state index is -3.45. The first-order chi connectivity index (χ1) is 15.2. The summed E-state index contributed by atoms with van der Waals surface area (Å²) in [4.78, 5) is 13.6. The average molecular weight is 524 g/mol. The Bertz CT molecular complexity index is 968. The first-order valence-corrected chi connectivity index (χ1v) is 13.1. The molecule has 3 rings (SSSR count). The van der Waals surface area contributed by atoms with E-state index in [0.717, 1.165) is 35.3 Å². The second-order valence-corrected chi connectivity index (χ2v) is 11.0. The van der Waals surface area contributed by atoms with Gasteiger partial charge in [0.2, 0.25) is 0 Å². The molecule has 8 heteroatoms. The number of halogens is 1. The number of hydrogen-bond acceptors (Lipinski definition) is 5. The van der Waals surface area contributed by atoms with Crippen molar-refractivity contribution in [3.8, 4) is 0 Å². The lowest BCUT2D eigenvalue weighted by atomic mass is 9.79. The molecule has 0 aliphatic carbocycles. The van der Waals surface area contributed by atoms with Crippen LogP contribution in [0.1, 0.15) is 39.5 Å². The van der Waals surface area contributed by atoms with Gasteiger partial charge in [0, 0.05) is 22.1 Å². The van der Waals surface area contributed by atoms with Crippen molar-refractivity contribution in [1.29, 1.82) is 0 Å². The summed E-state index contributed by atoms with van der Waals surface area (Å²) in [5.74, 6) is -1.15. The topological polar surface area (TPSA) is 90.2 Å². The Morgan fingerprint density at radius 3 is 2.59 bits per heavy atom. The van der Waals surface area contributed by atoms with Gasteiger partial charge in [-0.1, -0.05) is 60.8 Å². The molecule has 0 saturated heterocycles. The summed E-state index contributed by atoms with van der Waals surface area (Å²) < 4.78 is 30.0. The molecule has 0 saturated carbocycles. The number of fused-ring (bicyclic) bond motifs is 1. The molecule has 1 aliphatic heterocycles. The van der Waals surface area contributed by atoms with Crippen molar-refractivity contribution >= 4 is 43.9 Å². The molecular weight excluding hydrogens is 494 g/mol. The van der Waals surface area contributed by atoms with Crippen molar-refractivity contribution in [2.45, 2.75) is 49.9 Å². The third-order valence-corrected chi connectivity index (χ3v) is 8.71. The monoisotopic (exact) mass is 523 g/mol. The van der Waals surface area contributed by atoms with Crippen LogP contribution in [-0.2, 0) is 9.53 Å². The zero-order valence-corrected chi connectivity index (χ0v) is 20.7. The summed E-state index contributed by atoms with van der Waals surface area (Å²) in [6.45, 7) is 4.62. The van der Waals surface area contributed by atoms with E-state index in [0.29, 0.717) is 30.0 Å². The molecule has 2 atom stereocenters. The molecule has 0 radical (unpaired) electrons. The first-order valence-electron chi connectivity index (χ1n) is 10.7. The van der Waals surface area contributed by atoms with E-state index in [1.807, 2.05) is 43.3 Å². The van der Waals surface area contributed by atoms with Gasteiger partial charge in [-0.25, -0.2) is 4.79 Å². The molecule has 3 N–H and O–H groups in total. The summed E-state index contributed by atoms with van der Waals surface area (Å²) in [7, 11) is -3.45. The number of anilines is 2. The highest BCUT2D eigenvalue weighted by atomic mass is 79.9. The van der Waals surface area contributed by atoms with Crippen molar-refractivity contribution in [2.24, 2.45) is 5.41 Å². The third-order valence-electron chi connectivity index (χ3n) is 6.02. The zero-order valence-electron chi connectivity index (χ0n) is 18.3. The fraction of sp³-hybridized carbons (Fsp3) is 0.375. The van der Waals surface area contributed by atoms with Gasteiger partial charge < -0.3 is 14.7 Å². The Morgan fingerprint density at radius 1 is 1.25 bits per heavy atom. The Kier molecular flexibility index (Phi) is 7.92. The van der Waals surface area contributed by atoms with E-state index in [-0.39, 0.29) is 0 Å². The van der Waals surface area contributed by atoms with Gasteiger partial charge in [-0.2, -0.15) is 0 Å². The van der Waals surface area contributed by atoms with Crippen LogP contribution in [-0.4, -0.2) is 32.2 Å². The largest absolute Gasteiger partial charge is 0.478 e. The van der Waals surface area contributed by atoms with E-state index < -0.39 is 27.4 Å². The number of carboxylic acids is 1. The van der Waals surface area contributed by atoms with Crippen molar-refractivity contribution in [1.82, 2.24) is 0 Å². The van der Waals surface area contributed by atoms with Crippen LogP contribution in [0.3, 0.4) is 0 Å². The SMILES string of the molecule is CCCCC1(CC)CN(c2ccccc2)c2cc(Br)ccc2S(O)(O)C1O/C=C/C(=O)O. The molecule has 174 valence electrons. The molecule has 1 heterocycles. The van der Waals surface area contributed by atoms with Gasteiger partial charge in [-0.3, -0.25) is 9.11 Å². The number of carboxylic acid groups (broad SMARTS) is 1. The summed E-state index contributed by atoms with van der Waals surface area (Å²) in [5.41, 5.74) is 0.0288. The van der Waals surface area contributed by atoms with E-state index >= 15 is 0 Å². The number of benzene rings is 2. The Morgan fingerprint density at radius 2 is 1.97 bits per heavy atom. The van der Waals surface area contributed by atoms with Crippen LogP contribution in [0.15, 0.2) is 70.2 Å². The number of para-hydroxylation sites is 1. The number of aliphatic carboxylic acids is 1. The highest BCUT2D eigenvalue weighted by molar-refractivity contribution is 9.10. The van der Waals surface area contributed by atoms with Crippen LogP contribution in [0.5, 0.6) is 0 Å². The molecule has 0 bridgehead atoms. The van der Waals surface area contributed by atoms with Crippen LogP contribution < -0.4 is 4.90 Å². The number of rotatable bonds is 8. The van der Waals surface area contributed by atoms with Crippen molar-refractivity contribution < 1.29 is 23.7 Å². The number of unbranched alkanes of at least 4 members (excludes halogenated alkanes) is 1. The molecule has 0 amide bonds. The highest BCUT2D eigenvalue weighted by Gasteiger charge is 2.51. The summed E-state index contributed by atoms with van der Waals surface area (Å²) in [6, 6.07) is 15.3. The second kappa shape index (κ2) is 10.3. The maximum atomic E-state index is 11.6. The van der Waals surface area contributed by atoms with E-state index in [1.54, 1.807) is 12.1 Å². The lowest BCUT2D eigenvalue weighted by Gasteiger charge is -2.48. The third kappa shape index (κ3) is 4.98. The molecule has 0 spiro atoms. The van der Waals surface area contributed by atoms with Gasteiger partial charge in [0.25, 0.3) is 0 Å². The molecule has 2 unspecified atom stereocenters. The van der Waals surface area contributed by atoms with Crippen LogP contribution in [0.2, 0.25) is 0 Å². The minimum Gasteiger partial charge on any atom is -0.478 e. The predicted octanol–water partition coefficient (Wildman–Crippen LogP) is 7.24. The maximum absolute atomic E-state index is 11.6. The van der Waals surface area contributed by atoms with Crippen LogP contribution in [0, 0.1) is 5.41 Å². The zero-order chi connectivity index (χ0) is 23.4. The summed E-state index contributed by atoms with van der Waals surface area (Å²) >= 11 is 3.53. The average Bonchev–Trinajstić information content (AvgIpc) is 2.84. The standard InChI is InChI=1S/C24H30BrNO5S/c1-3-5-14-24(4-2)17-26(19-9-7-6-8-10-19)20-16-18(25)11-12-21(20)32(29,30)23(24)31-15-13-22(27)28/h6-13,15-16,23,29-30H,3-5,14,17H2,1-2H3,(H,27,28)/b15-13+. The van der Waals surface area contributed by atoms with Gasteiger partial charge in [-0.05, 0) is 43.2 Å². The van der Waals surface area contributed by atoms with Crippen molar-refractivity contribution in [3.05, 3.63) is 65.3 Å². The van der Waals surface area contributed by atoms with Crippen LogP contribution >= 0.6 is 26.5 Å². The fourth-order valence-electron chi connectivity index (χ4n) is 4.30. The van der Waals surface area contributed by atoms with E-state index in [2.05, 4.69) is 27.8 Å². The van der Waals surface area contributed by atoms with Crippen molar-refractivity contribution in [2.75, 3.05) is 11.4 Å². The minimum absolute atomic E-state index is 0.394. The molecule has 32 heavy (non-hydrogen) atoms. The van der Waals surface area contributed by atoms with Crippen molar-refractivity contribution in [3.63, 3.8) is 0 Å². The van der Waals surface area contributed by atoms with Gasteiger partial charge in [0.1, 0.15) is 0 Å². The van der Waals surface area contributed by atoms with Gasteiger partial charge in [-0.15, -0.1) is 10.6 Å². The quantitative estimate of drug-likeness (QED) is 0.249. The highest BCUT2D eigenvalue weighted by Crippen LogP contribution is 2.65. The molecule has 2 aromatic carbocycles. The Hall–Kier alpha value is -2.00. The Labute approximate surface area is 199 Å². The normalized spacial score (nSPS) is 23.4. The van der Waals surface area contributed by atoms with Gasteiger partial charge >= 0.3 is 5.97 Å². The second-order valence-electron chi connectivity index (χ2n) is 8.06. The number of carbonyl (C=O) groups is 1. The fourth-order valence-corrected chi connectivity index (χ4v) is 6.90. The summed E-state index contributed by atoms with van der Waals surface area (Å²) in [5, 5.41) is 9.04. The van der Waals surface area contributed by atoms with Crippen LogP contribution in [0.4, 0.5) is 11.4 Å². The lowest BCUT2D eigenvalue weighted by Crippen LogP contribution is -2.45. The number of hydrogen-bond donors (Lipinski definition) is 3. The van der Waals surface area contributed by atoms with E-state index in [9.17, 15) is 13.9 Å². The Balaban J connectivity index is 2.25. The van der Waals surface area contributed by atoms with Gasteiger partial charge in [0.05, 0.1) is 22.9 Å². The predicted molar refractivity (Wildman–Crippen MR) is 133 cm³/mol. The number of ether oxygens (including phenoxy) is 1. The first kappa shape index (κ1) is 24.6. The molecule has 1 aliphatic rings. The smallest absolute Gasteiger partial charge is 0.331 e. The lowest BCUT2D eigenvalue weighted by molar-refractivity contribution is -0.131. The number of nitrogens with zero attached hydrogens (tertiary/aromatic N) is 1. The molecule has 0 fully saturated rings. The maximum Gasteiger partial charge on any atom is 0.331 e. The van der Waals surface area contributed by atoms with Crippen LogP contribution in [0.25, 0.3) is 0 Å². The summed E-state index contributed by atoms with van der Waals surface area (Å²) in [6.07, 6.45) is 5.14.